The fourth-order valence-electron chi connectivity index (χ4n) is 3.32. The van der Waals surface area contributed by atoms with E-state index in [0.29, 0.717) is 22.9 Å². The summed E-state index contributed by atoms with van der Waals surface area (Å²) in [5.41, 5.74) is 1.13. The highest BCUT2D eigenvalue weighted by molar-refractivity contribution is 5.85. The molecule has 0 spiro atoms. The zero-order valence-corrected chi connectivity index (χ0v) is 15.4. The van der Waals surface area contributed by atoms with E-state index in [-0.39, 0.29) is 30.9 Å². The number of aromatic nitrogens is 2. The molecule has 0 bridgehead atoms. The number of nitrogens with zero attached hydrogens (tertiary/aromatic N) is 3. The molecule has 4 nitrogen and oxygen atoms in total. The van der Waals surface area contributed by atoms with E-state index in [2.05, 4.69) is 15.2 Å². The number of halogens is 4. The summed E-state index contributed by atoms with van der Waals surface area (Å²) in [6, 6.07) is 7.39. The molecule has 1 saturated heterocycles. The van der Waals surface area contributed by atoms with Crippen LogP contribution in [0.15, 0.2) is 24.3 Å². The Labute approximate surface area is 153 Å². The van der Waals surface area contributed by atoms with Gasteiger partial charge in [0, 0.05) is 12.6 Å². The molecule has 0 aliphatic carbocycles. The lowest BCUT2D eigenvalue weighted by Crippen LogP contribution is -2.45. The Kier molecular flexibility index (Phi) is 7.86. The zero-order chi connectivity index (χ0) is 15.7. The SMILES string of the molecule is CNC1CCCN(C(C)c2nc3ccccc3n2C(F)F)C1.Cl.Cl. The number of rotatable bonds is 4. The van der Waals surface area contributed by atoms with E-state index < -0.39 is 6.55 Å². The molecule has 1 aromatic heterocycles. The summed E-state index contributed by atoms with van der Waals surface area (Å²) >= 11 is 0. The van der Waals surface area contributed by atoms with Crippen molar-refractivity contribution in [2.24, 2.45) is 0 Å². The third kappa shape index (κ3) is 3.99. The topological polar surface area (TPSA) is 33.1 Å². The normalized spacial score (nSPS) is 19.8. The Hall–Kier alpha value is -0.950. The molecule has 2 unspecified atom stereocenters. The quantitative estimate of drug-likeness (QED) is 0.869. The minimum Gasteiger partial charge on any atom is -0.316 e. The second kappa shape index (κ2) is 8.94. The van der Waals surface area contributed by atoms with Gasteiger partial charge in [-0.15, -0.1) is 24.8 Å². The molecule has 0 amide bonds. The molecule has 0 saturated carbocycles. The van der Waals surface area contributed by atoms with E-state index in [1.807, 2.05) is 20.0 Å². The summed E-state index contributed by atoms with van der Waals surface area (Å²) in [6.45, 7) is 1.18. The molecule has 136 valence electrons. The van der Waals surface area contributed by atoms with Crippen LogP contribution in [0.25, 0.3) is 11.0 Å². The van der Waals surface area contributed by atoms with Crippen LogP contribution in [0.3, 0.4) is 0 Å². The molecule has 1 fully saturated rings. The molecule has 3 rings (SSSR count). The minimum atomic E-state index is -2.57. The second-order valence-electron chi connectivity index (χ2n) is 5.91. The molecule has 0 radical (unpaired) electrons. The van der Waals surface area contributed by atoms with Crippen LogP contribution in [0.2, 0.25) is 0 Å². The van der Waals surface area contributed by atoms with Crippen molar-refractivity contribution in [3.63, 3.8) is 0 Å². The van der Waals surface area contributed by atoms with Gasteiger partial charge in [0.15, 0.2) is 0 Å². The molecule has 2 atom stereocenters. The van der Waals surface area contributed by atoms with Gasteiger partial charge >= 0.3 is 6.55 Å². The van der Waals surface area contributed by atoms with Gasteiger partial charge < -0.3 is 5.32 Å². The second-order valence-corrected chi connectivity index (χ2v) is 5.91. The Balaban J connectivity index is 0.00000144. The van der Waals surface area contributed by atoms with Gasteiger partial charge in [0.2, 0.25) is 0 Å². The number of nitrogens with one attached hydrogen (secondary N) is 1. The third-order valence-electron chi connectivity index (χ3n) is 4.60. The average molecular weight is 381 g/mol. The average Bonchev–Trinajstić information content (AvgIpc) is 2.93. The molecule has 1 aliphatic heterocycles. The number of hydrogen-bond donors (Lipinski definition) is 1. The number of alkyl halides is 2. The number of piperidine rings is 1. The number of likely N-dealkylation sites (N-methyl/N-ethyl adjacent to an activating group) is 1. The van der Waals surface area contributed by atoms with Crippen molar-refractivity contribution in [3.05, 3.63) is 30.1 Å². The summed E-state index contributed by atoms with van der Waals surface area (Å²) in [4.78, 5) is 6.72. The highest BCUT2D eigenvalue weighted by atomic mass is 35.5. The molecule has 2 aromatic rings. The van der Waals surface area contributed by atoms with Crippen molar-refractivity contribution in [1.29, 1.82) is 0 Å². The Morgan fingerprint density at radius 3 is 2.62 bits per heavy atom. The van der Waals surface area contributed by atoms with Crippen LogP contribution in [0, 0.1) is 0 Å². The fourth-order valence-corrected chi connectivity index (χ4v) is 3.32. The Morgan fingerprint density at radius 2 is 1.96 bits per heavy atom. The van der Waals surface area contributed by atoms with Crippen molar-refractivity contribution in [2.75, 3.05) is 20.1 Å². The number of para-hydroxylation sites is 2. The zero-order valence-electron chi connectivity index (χ0n) is 13.8. The van der Waals surface area contributed by atoms with E-state index in [1.165, 1.54) is 0 Å². The number of hydrogen-bond acceptors (Lipinski definition) is 3. The molecule has 24 heavy (non-hydrogen) atoms. The van der Waals surface area contributed by atoms with Crippen LogP contribution >= 0.6 is 24.8 Å². The van der Waals surface area contributed by atoms with Crippen molar-refractivity contribution in [2.45, 2.75) is 38.4 Å². The van der Waals surface area contributed by atoms with Crippen molar-refractivity contribution in [1.82, 2.24) is 19.8 Å². The first kappa shape index (κ1) is 21.1. The molecule has 8 heteroatoms. The van der Waals surface area contributed by atoms with Gasteiger partial charge in [0.05, 0.1) is 17.1 Å². The summed E-state index contributed by atoms with van der Waals surface area (Å²) in [5.74, 6) is 0.452. The van der Waals surface area contributed by atoms with Gasteiger partial charge in [-0.2, -0.15) is 8.78 Å². The van der Waals surface area contributed by atoms with Crippen LogP contribution in [0.5, 0.6) is 0 Å². The summed E-state index contributed by atoms with van der Waals surface area (Å²) in [5, 5.41) is 3.29. The van der Waals surface area contributed by atoms with E-state index in [4.69, 9.17) is 0 Å². The van der Waals surface area contributed by atoms with Gasteiger partial charge in [0.25, 0.3) is 0 Å². The highest BCUT2D eigenvalue weighted by Crippen LogP contribution is 2.30. The predicted octanol–water partition coefficient (Wildman–Crippen LogP) is 4.02. The van der Waals surface area contributed by atoms with E-state index in [0.717, 1.165) is 30.5 Å². The largest absolute Gasteiger partial charge is 0.320 e. The van der Waals surface area contributed by atoms with Crippen LogP contribution in [0.1, 0.15) is 38.2 Å². The van der Waals surface area contributed by atoms with Gasteiger partial charge in [0.1, 0.15) is 5.82 Å². The summed E-state index contributed by atoms with van der Waals surface area (Å²) in [6.07, 6.45) is 2.20. The molecular formula is C16H24Cl2F2N4. The maximum atomic E-state index is 13.6. The highest BCUT2D eigenvalue weighted by Gasteiger charge is 2.28. The monoisotopic (exact) mass is 380 g/mol. The fraction of sp³-hybridized carbons (Fsp3) is 0.562. The number of fused-ring (bicyclic) bond motifs is 1. The first-order valence-electron chi connectivity index (χ1n) is 7.78. The van der Waals surface area contributed by atoms with Crippen LogP contribution in [0.4, 0.5) is 8.78 Å². The molecule has 2 heterocycles. The van der Waals surface area contributed by atoms with Gasteiger partial charge in [-0.25, -0.2) is 4.98 Å². The Bertz CT molecular complexity index is 650. The van der Waals surface area contributed by atoms with E-state index in [9.17, 15) is 8.78 Å². The van der Waals surface area contributed by atoms with E-state index >= 15 is 0 Å². The van der Waals surface area contributed by atoms with E-state index in [1.54, 1.807) is 18.2 Å². The van der Waals surface area contributed by atoms with Gasteiger partial charge in [-0.1, -0.05) is 12.1 Å². The first-order chi connectivity index (χ1) is 10.6. The predicted molar refractivity (Wildman–Crippen MR) is 97.6 cm³/mol. The number of likely N-dealkylation sites (tertiary alicyclic amines) is 1. The smallest absolute Gasteiger partial charge is 0.316 e. The standard InChI is InChI=1S/C16H22F2N4.2ClH/c1-11(21-9-5-6-12(10-21)19-2)15-20-13-7-3-4-8-14(13)22(15)16(17)18;;/h3-4,7-8,11-12,16,19H,5-6,9-10H2,1-2H3;2*1H. The number of benzene rings is 1. The van der Waals surface area contributed by atoms with Crippen molar-refractivity contribution < 1.29 is 8.78 Å². The summed E-state index contributed by atoms with van der Waals surface area (Å²) in [7, 11) is 1.95. The minimum absolute atomic E-state index is 0. The molecule has 1 aromatic carbocycles. The van der Waals surface area contributed by atoms with Crippen LogP contribution in [-0.2, 0) is 0 Å². The van der Waals surface area contributed by atoms with Crippen LogP contribution in [-0.4, -0.2) is 40.6 Å². The van der Waals surface area contributed by atoms with Crippen LogP contribution < -0.4 is 5.32 Å². The first-order valence-corrected chi connectivity index (χ1v) is 7.78. The maximum Gasteiger partial charge on any atom is 0.320 e. The van der Waals surface area contributed by atoms with Crippen molar-refractivity contribution in [3.8, 4) is 0 Å². The summed E-state index contributed by atoms with van der Waals surface area (Å²) < 4.78 is 28.2. The van der Waals surface area contributed by atoms with Crippen molar-refractivity contribution >= 4 is 35.8 Å². The number of imidazole rings is 1. The Morgan fingerprint density at radius 1 is 1.25 bits per heavy atom. The lowest BCUT2D eigenvalue weighted by molar-refractivity contribution is 0.0615. The lowest BCUT2D eigenvalue weighted by atomic mass is 10.0. The van der Waals surface area contributed by atoms with Gasteiger partial charge in [-0.05, 0) is 45.5 Å². The molecule has 1 N–H and O–H groups in total. The van der Waals surface area contributed by atoms with Gasteiger partial charge in [-0.3, -0.25) is 9.47 Å². The third-order valence-corrected chi connectivity index (χ3v) is 4.60. The molecular weight excluding hydrogens is 357 g/mol. The molecule has 1 aliphatic rings. The lowest BCUT2D eigenvalue weighted by Gasteiger charge is -2.36. The maximum absolute atomic E-state index is 13.6.